The second kappa shape index (κ2) is 4.53. The van der Waals surface area contributed by atoms with Crippen molar-refractivity contribution in [1.82, 2.24) is 0 Å². The molecule has 2 nitrogen and oxygen atoms in total. The Kier molecular flexibility index (Phi) is 2.92. The maximum absolute atomic E-state index is 5.84. The quantitative estimate of drug-likeness (QED) is 0.591. The second-order valence-corrected chi connectivity index (χ2v) is 3.59. The van der Waals surface area contributed by atoms with Gasteiger partial charge in [-0.2, -0.15) is 0 Å². The fraction of sp³-hybridized carbons (Fsp3) is 0. The molecule has 0 bridgehead atoms. The van der Waals surface area contributed by atoms with E-state index in [-0.39, 0.29) is 0 Å². The maximum Gasteiger partial charge on any atom is 0.0387 e. The zero-order valence-corrected chi connectivity index (χ0v) is 8.93. The molecule has 2 rings (SSSR count). The topological polar surface area (TPSA) is 52.0 Å². The van der Waals surface area contributed by atoms with E-state index in [1.807, 2.05) is 60.7 Å². The summed E-state index contributed by atoms with van der Waals surface area (Å²) in [6.07, 6.45) is 3.95. The van der Waals surface area contributed by atoms with E-state index in [9.17, 15) is 0 Å². The van der Waals surface area contributed by atoms with Crippen LogP contribution in [0.5, 0.6) is 0 Å². The van der Waals surface area contributed by atoms with E-state index in [2.05, 4.69) is 0 Å². The summed E-state index contributed by atoms with van der Waals surface area (Å²) in [5, 5.41) is 0. The van der Waals surface area contributed by atoms with Crippen molar-refractivity contribution in [1.29, 1.82) is 0 Å². The number of rotatable bonds is 2. The molecule has 0 aromatic heterocycles. The summed E-state index contributed by atoms with van der Waals surface area (Å²) in [4.78, 5) is 0. The molecule has 2 aromatic carbocycles. The summed E-state index contributed by atoms with van der Waals surface area (Å²) in [6.45, 7) is 0. The van der Waals surface area contributed by atoms with E-state index in [4.69, 9.17) is 11.5 Å². The molecule has 0 saturated heterocycles. The molecule has 80 valence electrons. The van der Waals surface area contributed by atoms with Crippen molar-refractivity contribution in [2.75, 3.05) is 11.5 Å². The molecular weight excluding hydrogens is 196 g/mol. The van der Waals surface area contributed by atoms with Gasteiger partial charge in [0.2, 0.25) is 0 Å². The monoisotopic (exact) mass is 210 g/mol. The van der Waals surface area contributed by atoms with Gasteiger partial charge in [0.1, 0.15) is 0 Å². The van der Waals surface area contributed by atoms with Crippen LogP contribution in [0.1, 0.15) is 11.1 Å². The SMILES string of the molecule is Nc1ccccc1/C=C/c1ccccc1N. The number of hydrogen-bond acceptors (Lipinski definition) is 2. The largest absolute Gasteiger partial charge is 0.398 e. The van der Waals surface area contributed by atoms with Crippen LogP contribution in [-0.4, -0.2) is 0 Å². The lowest BCUT2D eigenvalue weighted by molar-refractivity contribution is 1.63. The van der Waals surface area contributed by atoms with Gasteiger partial charge in [-0.05, 0) is 23.3 Å². The lowest BCUT2D eigenvalue weighted by Gasteiger charge is -2.00. The van der Waals surface area contributed by atoms with Crippen LogP contribution in [-0.2, 0) is 0 Å². The Hall–Kier alpha value is -2.22. The minimum Gasteiger partial charge on any atom is -0.398 e. The van der Waals surface area contributed by atoms with Gasteiger partial charge in [-0.1, -0.05) is 48.6 Å². The molecule has 0 heterocycles. The molecule has 0 saturated carbocycles. The van der Waals surface area contributed by atoms with E-state index in [0.29, 0.717) is 0 Å². The molecule has 0 fully saturated rings. The lowest BCUT2D eigenvalue weighted by Crippen LogP contribution is -1.89. The summed E-state index contributed by atoms with van der Waals surface area (Å²) in [6, 6.07) is 15.5. The zero-order chi connectivity index (χ0) is 11.4. The number of para-hydroxylation sites is 2. The Balaban J connectivity index is 2.29. The summed E-state index contributed by atoms with van der Waals surface area (Å²) in [5.74, 6) is 0. The predicted molar refractivity (Wildman–Crippen MR) is 70.6 cm³/mol. The maximum atomic E-state index is 5.84. The molecular formula is C14H14N2. The Labute approximate surface area is 95.2 Å². The highest BCUT2D eigenvalue weighted by Gasteiger charge is 1.94. The average Bonchev–Trinajstić information content (AvgIpc) is 2.30. The van der Waals surface area contributed by atoms with Crippen LogP contribution in [0.4, 0.5) is 11.4 Å². The van der Waals surface area contributed by atoms with Crippen LogP contribution in [0, 0.1) is 0 Å². The molecule has 0 radical (unpaired) electrons. The van der Waals surface area contributed by atoms with E-state index in [1.165, 1.54) is 0 Å². The first-order chi connectivity index (χ1) is 7.77. The first-order valence-electron chi connectivity index (χ1n) is 5.14. The Morgan fingerprint density at radius 3 is 1.38 bits per heavy atom. The van der Waals surface area contributed by atoms with Crippen molar-refractivity contribution in [3.8, 4) is 0 Å². The highest BCUT2D eigenvalue weighted by molar-refractivity contribution is 5.79. The van der Waals surface area contributed by atoms with Crippen molar-refractivity contribution in [3.63, 3.8) is 0 Å². The van der Waals surface area contributed by atoms with E-state index < -0.39 is 0 Å². The van der Waals surface area contributed by atoms with Gasteiger partial charge in [0.15, 0.2) is 0 Å². The van der Waals surface area contributed by atoms with E-state index in [0.717, 1.165) is 22.5 Å². The van der Waals surface area contributed by atoms with Gasteiger partial charge in [-0.25, -0.2) is 0 Å². The predicted octanol–water partition coefficient (Wildman–Crippen LogP) is 3.02. The van der Waals surface area contributed by atoms with Gasteiger partial charge in [-0.3, -0.25) is 0 Å². The van der Waals surface area contributed by atoms with Crippen LogP contribution in [0.15, 0.2) is 48.5 Å². The van der Waals surface area contributed by atoms with Gasteiger partial charge >= 0.3 is 0 Å². The molecule has 0 atom stereocenters. The number of hydrogen-bond donors (Lipinski definition) is 2. The molecule has 0 unspecified atom stereocenters. The number of anilines is 2. The van der Waals surface area contributed by atoms with Gasteiger partial charge < -0.3 is 11.5 Å². The van der Waals surface area contributed by atoms with Gasteiger partial charge in [0, 0.05) is 11.4 Å². The second-order valence-electron chi connectivity index (χ2n) is 3.59. The molecule has 0 amide bonds. The first kappa shape index (κ1) is 10.3. The zero-order valence-electron chi connectivity index (χ0n) is 8.93. The van der Waals surface area contributed by atoms with Crippen LogP contribution < -0.4 is 11.5 Å². The van der Waals surface area contributed by atoms with Crippen LogP contribution in [0.3, 0.4) is 0 Å². The van der Waals surface area contributed by atoms with Crippen molar-refractivity contribution in [2.45, 2.75) is 0 Å². The van der Waals surface area contributed by atoms with Crippen molar-refractivity contribution >= 4 is 23.5 Å². The van der Waals surface area contributed by atoms with Gasteiger partial charge in [-0.15, -0.1) is 0 Å². The third-order valence-corrected chi connectivity index (χ3v) is 2.43. The van der Waals surface area contributed by atoms with Crippen LogP contribution in [0.2, 0.25) is 0 Å². The Morgan fingerprint density at radius 2 is 1.00 bits per heavy atom. The van der Waals surface area contributed by atoms with E-state index >= 15 is 0 Å². The molecule has 0 aliphatic rings. The highest BCUT2D eigenvalue weighted by Crippen LogP contribution is 2.17. The third kappa shape index (κ3) is 2.23. The molecule has 0 spiro atoms. The minimum atomic E-state index is 0.772. The summed E-state index contributed by atoms with van der Waals surface area (Å²) >= 11 is 0. The van der Waals surface area contributed by atoms with Gasteiger partial charge in [0.25, 0.3) is 0 Å². The minimum absolute atomic E-state index is 0.772. The molecule has 2 heteroatoms. The number of nitrogens with two attached hydrogens (primary N) is 2. The van der Waals surface area contributed by atoms with Crippen molar-refractivity contribution in [3.05, 3.63) is 59.7 Å². The van der Waals surface area contributed by atoms with Gasteiger partial charge in [0.05, 0.1) is 0 Å². The third-order valence-electron chi connectivity index (χ3n) is 2.43. The summed E-state index contributed by atoms with van der Waals surface area (Å²) in [7, 11) is 0. The number of nitrogen functional groups attached to an aromatic ring is 2. The standard InChI is InChI=1S/C14H14N2/c15-13-7-3-1-5-11(13)9-10-12-6-2-4-8-14(12)16/h1-10H,15-16H2/b10-9+. The fourth-order valence-corrected chi connectivity index (χ4v) is 1.50. The smallest absolute Gasteiger partial charge is 0.0387 e. The molecule has 2 aromatic rings. The lowest BCUT2D eigenvalue weighted by atomic mass is 10.1. The molecule has 0 aliphatic carbocycles. The molecule has 0 aliphatic heterocycles. The number of benzene rings is 2. The Bertz CT molecular complexity index is 468. The average molecular weight is 210 g/mol. The summed E-state index contributed by atoms with van der Waals surface area (Å²) in [5.41, 5.74) is 15.2. The van der Waals surface area contributed by atoms with Crippen LogP contribution >= 0.6 is 0 Å². The first-order valence-corrected chi connectivity index (χ1v) is 5.14. The molecule has 16 heavy (non-hydrogen) atoms. The Morgan fingerprint density at radius 1 is 0.625 bits per heavy atom. The van der Waals surface area contributed by atoms with Crippen molar-refractivity contribution < 1.29 is 0 Å². The summed E-state index contributed by atoms with van der Waals surface area (Å²) < 4.78 is 0. The highest BCUT2D eigenvalue weighted by atomic mass is 14.6. The normalized spacial score (nSPS) is 10.8. The van der Waals surface area contributed by atoms with Crippen LogP contribution in [0.25, 0.3) is 12.2 Å². The molecule has 4 N–H and O–H groups in total. The van der Waals surface area contributed by atoms with E-state index in [1.54, 1.807) is 0 Å². The van der Waals surface area contributed by atoms with Crippen molar-refractivity contribution in [2.24, 2.45) is 0 Å². The fourth-order valence-electron chi connectivity index (χ4n) is 1.50.